The van der Waals surface area contributed by atoms with E-state index in [0.29, 0.717) is 6.54 Å². The molecule has 2 nitrogen and oxygen atoms in total. The van der Waals surface area contributed by atoms with Crippen molar-refractivity contribution in [1.29, 1.82) is 0 Å². The van der Waals surface area contributed by atoms with Crippen LogP contribution in [-0.4, -0.2) is 11.5 Å². The van der Waals surface area contributed by atoms with Crippen molar-refractivity contribution in [2.24, 2.45) is 0 Å². The molecule has 18 heavy (non-hydrogen) atoms. The van der Waals surface area contributed by atoms with Gasteiger partial charge in [0.2, 0.25) is 0 Å². The predicted octanol–water partition coefficient (Wildman–Crippen LogP) is 3.21. The maximum absolute atomic E-state index is 13.2. The van der Waals surface area contributed by atoms with Crippen LogP contribution in [-0.2, 0) is 13.0 Å². The van der Waals surface area contributed by atoms with Gasteiger partial charge >= 0.3 is 0 Å². The molecule has 1 aromatic heterocycles. The van der Waals surface area contributed by atoms with Crippen LogP contribution in [0.25, 0.3) is 0 Å². The number of halogens is 2. The van der Waals surface area contributed by atoms with Crippen LogP contribution >= 0.6 is 11.6 Å². The van der Waals surface area contributed by atoms with E-state index >= 15 is 0 Å². The van der Waals surface area contributed by atoms with E-state index in [2.05, 4.69) is 10.3 Å². The molecule has 0 atom stereocenters. The molecule has 0 saturated carbocycles. The van der Waals surface area contributed by atoms with E-state index in [1.54, 1.807) is 12.3 Å². The lowest BCUT2D eigenvalue weighted by Crippen LogP contribution is -2.17. The molecular formula is C14H14ClFN2. The van der Waals surface area contributed by atoms with Gasteiger partial charge in [0.05, 0.1) is 5.02 Å². The molecule has 0 saturated heterocycles. The first-order valence-corrected chi connectivity index (χ1v) is 6.18. The molecule has 94 valence electrons. The van der Waals surface area contributed by atoms with E-state index in [1.807, 2.05) is 24.3 Å². The lowest BCUT2D eigenvalue weighted by molar-refractivity contribution is 0.620. The summed E-state index contributed by atoms with van der Waals surface area (Å²) in [6, 6.07) is 10.7. The van der Waals surface area contributed by atoms with Crippen LogP contribution in [0, 0.1) is 5.82 Å². The molecule has 4 heteroatoms. The molecule has 0 unspecified atom stereocenters. The molecule has 1 heterocycles. The topological polar surface area (TPSA) is 24.9 Å². The molecule has 0 aliphatic heterocycles. The summed E-state index contributed by atoms with van der Waals surface area (Å²) in [5.41, 5.74) is 1.81. The maximum atomic E-state index is 13.2. The van der Waals surface area contributed by atoms with Gasteiger partial charge in [-0.05, 0) is 23.8 Å². The van der Waals surface area contributed by atoms with Crippen molar-refractivity contribution < 1.29 is 4.39 Å². The van der Waals surface area contributed by atoms with Gasteiger partial charge in [-0.15, -0.1) is 0 Å². The fraction of sp³-hybridized carbons (Fsp3) is 0.214. The molecule has 0 fully saturated rings. The van der Waals surface area contributed by atoms with Gasteiger partial charge in [-0.25, -0.2) is 4.39 Å². The Labute approximate surface area is 111 Å². The minimum absolute atomic E-state index is 0.197. The first-order valence-electron chi connectivity index (χ1n) is 5.81. The highest BCUT2D eigenvalue weighted by Gasteiger charge is 2.04. The second kappa shape index (κ2) is 6.47. The van der Waals surface area contributed by atoms with Gasteiger partial charge in [-0.1, -0.05) is 29.8 Å². The minimum atomic E-state index is -0.374. The summed E-state index contributed by atoms with van der Waals surface area (Å²) in [4.78, 5) is 4.23. The van der Waals surface area contributed by atoms with Gasteiger partial charge in [0.1, 0.15) is 5.82 Å². The third-order valence-electron chi connectivity index (χ3n) is 2.63. The van der Waals surface area contributed by atoms with E-state index in [4.69, 9.17) is 11.6 Å². The van der Waals surface area contributed by atoms with E-state index in [-0.39, 0.29) is 10.8 Å². The van der Waals surface area contributed by atoms with Crippen molar-refractivity contribution in [3.63, 3.8) is 0 Å². The Morgan fingerprint density at radius 1 is 1.17 bits per heavy atom. The predicted molar refractivity (Wildman–Crippen MR) is 71.1 cm³/mol. The van der Waals surface area contributed by atoms with Gasteiger partial charge in [0.15, 0.2) is 0 Å². The quantitative estimate of drug-likeness (QED) is 0.839. The van der Waals surface area contributed by atoms with Crippen molar-refractivity contribution in [1.82, 2.24) is 10.3 Å². The Morgan fingerprint density at radius 2 is 2.06 bits per heavy atom. The monoisotopic (exact) mass is 264 g/mol. The van der Waals surface area contributed by atoms with Crippen LogP contribution in [0.3, 0.4) is 0 Å². The molecule has 2 aromatic rings. The van der Waals surface area contributed by atoms with Gasteiger partial charge in [0.25, 0.3) is 0 Å². The van der Waals surface area contributed by atoms with E-state index in [0.717, 1.165) is 24.2 Å². The molecule has 0 spiro atoms. The third-order valence-corrected chi connectivity index (χ3v) is 3.05. The number of hydrogen-bond donors (Lipinski definition) is 1. The van der Waals surface area contributed by atoms with Crippen molar-refractivity contribution >= 4 is 11.6 Å². The molecule has 0 radical (unpaired) electrons. The minimum Gasteiger partial charge on any atom is -0.312 e. The first-order chi connectivity index (χ1) is 8.77. The molecule has 0 amide bonds. The van der Waals surface area contributed by atoms with Crippen LogP contribution in [0.4, 0.5) is 4.39 Å². The average molecular weight is 265 g/mol. The largest absolute Gasteiger partial charge is 0.312 e. The first kappa shape index (κ1) is 13.0. The second-order valence-electron chi connectivity index (χ2n) is 3.96. The Balaban J connectivity index is 1.81. The van der Waals surface area contributed by atoms with Crippen LogP contribution < -0.4 is 5.32 Å². The molecule has 0 aliphatic rings. The van der Waals surface area contributed by atoms with E-state index in [1.165, 1.54) is 6.07 Å². The summed E-state index contributed by atoms with van der Waals surface area (Å²) in [5, 5.41) is 3.42. The number of pyridine rings is 1. The second-order valence-corrected chi connectivity index (χ2v) is 4.34. The molecule has 1 N–H and O–H groups in total. The highest BCUT2D eigenvalue weighted by atomic mass is 35.5. The van der Waals surface area contributed by atoms with Crippen molar-refractivity contribution in [3.8, 4) is 0 Å². The lowest BCUT2D eigenvalue weighted by atomic mass is 10.2. The van der Waals surface area contributed by atoms with Crippen LogP contribution in [0.5, 0.6) is 0 Å². The summed E-state index contributed by atoms with van der Waals surface area (Å²) in [7, 11) is 0. The summed E-state index contributed by atoms with van der Waals surface area (Å²) in [6.07, 6.45) is 2.62. The zero-order chi connectivity index (χ0) is 12.8. The zero-order valence-corrected chi connectivity index (χ0v) is 10.6. The van der Waals surface area contributed by atoms with Crippen LogP contribution in [0.15, 0.2) is 42.6 Å². The normalized spacial score (nSPS) is 10.6. The number of hydrogen-bond acceptors (Lipinski definition) is 2. The van der Waals surface area contributed by atoms with E-state index < -0.39 is 0 Å². The van der Waals surface area contributed by atoms with Crippen molar-refractivity contribution in [2.45, 2.75) is 13.0 Å². The number of nitrogens with zero attached hydrogens (tertiary/aromatic N) is 1. The molecular weight excluding hydrogens is 251 g/mol. The highest BCUT2D eigenvalue weighted by Crippen LogP contribution is 2.19. The molecule has 1 aromatic carbocycles. The summed E-state index contributed by atoms with van der Waals surface area (Å²) < 4.78 is 13.2. The van der Waals surface area contributed by atoms with E-state index in [9.17, 15) is 4.39 Å². The Kier molecular flexibility index (Phi) is 4.67. The van der Waals surface area contributed by atoms with Gasteiger partial charge in [0, 0.05) is 31.4 Å². The molecule has 0 aliphatic carbocycles. The summed E-state index contributed by atoms with van der Waals surface area (Å²) >= 11 is 5.86. The Hall–Kier alpha value is -1.45. The Morgan fingerprint density at radius 3 is 2.83 bits per heavy atom. The molecule has 2 rings (SSSR count). The van der Waals surface area contributed by atoms with Gasteiger partial charge < -0.3 is 5.32 Å². The number of benzene rings is 1. The number of nitrogens with one attached hydrogen (secondary N) is 1. The lowest BCUT2D eigenvalue weighted by Gasteiger charge is -2.07. The highest BCUT2D eigenvalue weighted by molar-refractivity contribution is 6.31. The third kappa shape index (κ3) is 3.52. The zero-order valence-electron chi connectivity index (χ0n) is 9.87. The maximum Gasteiger partial charge on any atom is 0.142 e. The SMILES string of the molecule is Fc1cccc(CNCCc2ccccn2)c1Cl. The smallest absolute Gasteiger partial charge is 0.142 e. The fourth-order valence-corrected chi connectivity index (χ4v) is 1.86. The van der Waals surface area contributed by atoms with Crippen LogP contribution in [0.1, 0.15) is 11.3 Å². The summed E-state index contributed by atoms with van der Waals surface area (Å²) in [5.74, 6) is -0.374. The number of rotatable bonds is 5. The van der Waals surface area contributed by atoms with Crippen molar-refractivity contribution in [3.05, 3.63) is 64.7 Å². The van der Waals surface area contributed by atoms with Gasteiger partial charge in [-0.2, -0.15) is 0 Å². The van der Waals surface area contributed by atoms with Crippen LogP contribution in [0.2, 0.25) is 5.02 Å². The summed E-state index contributed by atoms with van der Waals surface area (Å²) in [6.45, 7) is 1.34. The standard InChI is InChI=1S/C14H14ClFN2/c15-14-11(4-3-6-13(14)16)10-17-9-7-12-5-1-2-8-18-12/h1-6,8,17H,7,9-10H2. The number of aromatic nitrogens is 1. The van der Waals surface area contributed by atoms with Crippen molar-refractivity contribution in [2.75, 3.05) is 6.54 Å². The Bertz CT molecular complexity index is 502. The molecule has 0 bridgehead atoms. The fourth-order valence-electron chi connectivity index (χ4n) is 1.67. The average Bonchev–Trinajstić information content (AvgIpc) is 2.40. The van der Waals surface area contributed by atoms with Gasteiger partial charge in [-0.3, -0.25) is 4.98 Å².